The molecule has 1 aromatic heterocycles. The van der Waals surface area contributed by atoms with E-state index in [9.17, 15) is 9.59 Å². The lowest BCUT2D eigenvalue weighted by Crippen LogP contribution is -2.48. The zero-order valence-electron chi connectivity index (χ0n) is 19.0. The topological polar surface area (TPSA) is 96.9 Å². The number of carbonyl (C=O) groups excluding carboxylic acids is 2. The van der Waals surface area contributed by atoms with Gasteiger partial charge in [-0.05, 0) is 12.1 Å². The van der Waals surface area contributed by atoms with Crippen LogP contribution in [-0.2, 0) is 22.4 Å². The van der Waals surface area contributed by atoms with Crippen molar-refractivity contribution < 1.29 is 19.1 Å². The number of rotatable bonds is 5. The summed E-state index contributed by atoms with van der Waals surface area (Å²) < 4.78 is 11.0. The summed E-state index contributed by atoms with van der Waals surface area (Å²) in [5, 5.41) is 3.46. The van der Waals surface area contributed by atoms with Crippen LogP contribution in [0.15, 0.2) is 24.3 Å². The van der Waals surface area contributed by atoms with E-state index in [1.54, 1.807) is 18.1 Å². The molecule has 1 aromatic carbocycles. The van der Waals surface area contributed by atoms with E-state index in [0.29, 0.717) is 80.2 Å². The third-order valence-corrected chi connectivity index (χ3v) is 6.59. The van der Waals surface area contributed by atoms with Crippen molar-refractivity contribution >= 4 is 34.3 Å². The van der Waals surface area contributed by atoms with Gasteiger partial charge in [0.05, 0.1) is 38.1 Å². The zero-order chi connectivity index (χ0) is 23.7. The van der Waals surface area contributed by atoms with Crippen LogP contribution in [0.2, 0.25) is 0 Å². The van der Waals surface area contributed by atoms with E-state index in [-0.39, 0.29) is 18.4 Å². The normalized spacial score (nSPS) is 17.8. The van der Waals surface area contributed by atoms with Crippen LogP contribution >= 0.6 is 11.6 Å². The van der Waals surface area contributed by atoms with Crippen LogP contribution in [0.25, 0.3) is 5.03 Å². The van der Waals surface area contributed by atoms with Crippen LogP contribution in [0.3, 0.4) is 0 Å². The number of amides is 2. The first-order chi connectivity index (χ1) is 16.5. The predicted octanol–water partition coefficient (Wildman–Crippen LogP) is 1.62. The highest BCUT2D eigenvalue weighted by atomic mass is 35.5. The van der Waals surface area contributed by atoms with Crippen molar-refractivity contribution in [3.63, 3.8) is 0 Å². The Labute approximate surface area is 202 Å². The minimum Gasteiger partial charge on any atom is -0.496 e. The lowest BCUT2D eigenvalue weighted by atomic mass is 10.1. The number of morpholine rings is 1. The van der Waals surface area contributed by atoms with E-state index in [2.05, 4.69) is 5.32 Å². The molecular weight excluding hydrogens is 458 g/mol. The maximum atomic E-state index is 12.9. The van der Waals surface area contributed by atoms with Crippen molar-refractivity contribution in [1.82, 2.24) is 20.2 Å². The van der Waals surface area contributed by atoms with Crippen molar-refractivity contribution in [3.05, 3.63) is 52.5 Å². The van der Waals surface area contributed by atoms with E-state index >= 15 is 0 Å². The predicted molar refractivity (Wildman–Crippen MR) is 127 cm³/mol. The van der Waals surface area contributed by atoms with Gasteiger partial charge >= 0.3 is 0 Å². The fourth-order valence-electron chi connectivity index (χ4n) is 4.49. The molecule has 0 saturated carbocycles. The number of nitrogens with zero attached hydrogens (tertiary/aromatic N) is 4. The molecule has 3 heterocycles. The van der Waals surface area contributed by atoms with E-state index in [1.807, 2.05) is 23.1 Å². The Bertz CT molecular complexity index is 1160. The summed E-state index contributed by atoms with van der Waals surface area (Å²) in [6.07, 6.45) is 2.97. The van der Waals surface area contributed by atoms with Crippen molar-refractivity contribution in [2.24, 2.45) is 0 Å². The number of hydrogen-bond donors (Lipinski definition) is 1. The summed E-state index contributed by atoms with van der Waals surface area (Å²) in [6, 6.07) is 5.48. The molecule has 3 aliphatic rings. The Hall–Kier alpha value is -3.17. The minimum absolute atomic E-state index is 0.0340. The molecular formula is C24H26ClN5O4. The first kappa shape index (κ1) is 22.6. The third kappa shape index (κ3) is 4.45. The summed E-state index contributed by atoms with van der Waals surface area (Å²) in [5.74, 6) is 1.84. The van der Waals surface area contributed by atoms with Crippen molar-refractivity contribution in [2.45, 2.75) is 12.8 Å². The van der Waals surface area contributed by atoms with Crippen LogP contribution in [0.1, 0.15) is 33.0 Å². The molecule has 2 aromatic rings. The molecule has 1 aliphatic carbocycles. The number of methoxy groups -OCH3 is 1. The molecule has 0 radical (unpaired) electrons. The van der Waals surface area contributed by atoms with Gasteiger partial charge in [-0.1, -0.05) is 23.7 Å². The standard InChI is InChI=1S/C24H26ClN5O4/c1-33-19-12-16(24(32)29-8-10-34-11-9-29)3-2-15(19)13-20-27-18-5-4-17(25)22(18)23(28-20)30-7-6-26-21(31)14-30/h2-4,12H,5-11,13-14H2,1H3,(H,26,31). The maximum absolute atomic E-state index is 12.9. The molecule has 0 unspecified atom stereocenters. The summed E-state index contributed by atoms with van der Waals surface area (Å²) in [7, 11) is 1.59. The smallest absolute Gasteiger partial charge is 0.254 e. The van der Waals surface area contributed by atoms with Gasteiger partial charge in [0.15, 0.2) is 0 Å². The van der Waals surface area contributed by atoms with E-state index in [0.717, 1.165) is 16.8 Å². The molecule has 2 amide bonds. The first-order valence-corrected chi connectivity index (χ1v) is 11.7. The van der Waals surface area contributed by atoms with Gasteiger partial charge in [-0.15, -0.1) is 0 Å². The molecule has 34 heavy (non-hydrogen) atoms. The van der Waals surface area contributed by atoms with Crippen molar-refractivity contribution in [1.29, 1.82) is 0 Å². The van der Waals surface area contributed by atoms with Crippen LogP contribution in [0.4, 0.5) is 5.82 Å². The molecule has 1 N–H and O–H groups in total. The second-order valence-corrected chi connectivity index (χ2v) is 8.83. The molecule has 178 valence electrons. The summed E-state index contributed by atoms with van der Waals surface area (Å²) in [4.78, 5) is 38.2. The number of ether oxygens (including phenoxy) is 2. The fourth-order valence-corrected chi connectivity index (χ4v) is 4.77. The van der Waals surface area contributed by atoms with Crippen LogP contribution in [-0.4, -0.2) is 79.7 Å². The molecule has 2 fully saturated rings. The minimum atomic E-state index is -0.0412. The van der Waals surface area contributed by atoms with Crippen LogP contribution < -0.4 is 15.0 Å². The van der Waals surface area contributed by atoms with Gasteiger partial charge in [-0.25, -0.2) is 9.97 Å². The SMILES string of the molecule is COc1cc(C(=O)N2CCOCC2)ccc1Cc1nc2c(c(N3CCNC(=O)C3)n1)C(Cl)=CC2. The monoisotopic (exact) mass is 483 g/mol. The molecule has 0 atom stereocenters. The zero-order valence-corrected chi connectivity index (χ0v) is 19.7. The van der Waals surface area contributed by atoms with Gasteiger partial charge < -0.3 is 24.6 Å². The summed E-state index contributed by atoms with van der Waals surface area (Å²) >= 11 is 6.46. The molecule has 0 spiro atoms. The van der Waals surface area contributed by atoms with Crippen LogP contribution in [0, 0.1) is 0 Å². The lowest BCUT2D eigenvalue weighted by Gasteiger charge is -2.29. The number of halogens is 1. The molecule has 2 aliphatic heterocycles. The number of anilines is 1. The average molecular weight is 484 g/mol. The van der Waals surface area contributed by atoms with Gasteiger partial charge in [0.2, 0.25) is 5.91 Å². The Morgan fingerprint density at radius 3 is 2.82 bits per heavy atom. The van der Waals surface area contributed by atoms with E-state index < -0.39 is 0 Å². The molecule has 9 nitrogen and oxygen atoms in total. The number of allylic oxidation sites excluding steroid dienone is 1. The number of hydrogen-bond acceptors (Lipinski definition) is 7. The Morgan fingerprint density at radius 2 is 2.06 bits per heavy atom. The molecule has 5 rings (SSSR count). The molecule has 2 saturated heterocycles. The number of benzene rings is 1. The largest absolute Gasteiger partial charge is 0.496 e. The maximum Gasteiger partial charge on any atom is 0.254 e. The van der Waals surface area contributed by atoms with Gasteiger partial charge in [0.1, 0.15) is 17.4 Å². The van der Waals surface area contributed by atoms with E-state index in [1.165, 1.54) is 0 Å². The van der Waals surface area contributed by atoms with Crippen molar-refractivity contribution in [2.75, 3.05) is 57.9 Å². The Kier molecular flexibility index (Phi) is 6.38. The summed E-state index contributed by atoms with van der Waals surface area (Å²) in [5.41, 5.74) is 3.11. The Morgan fingerprint density at radius 1 is 1.24 bits per heavy atom. The van der Waals surface area contributed by atoms with Gasteiger partial charge in [0, 0.05) is 55.2 Å². The number of aromatic nitrogens is 2. The average Bonchev–Trinajstić information content (AvgIpc) is 3.24. The Balaban J connectivity index is 1.43. The highest BCUT2D eigenvalue weighted by molar-refractivity contribution is 6.49. The lowest BCUT2D eigenvalue weighted by molar-refractivity contribution is -0.120. The van der Waals surface area contributed by atoms with Gasteiger partial charge in [-0.3, -0.25) is 9.59 Å². The fraction of sp³-hybridized carbons (Fsp3) is 0.417. The van der Waals surface area contributed by atoms with Crippen LogP contribution in [0.5, 0.6) is 5.75 Å². The quantitative estimate of drug-likeness (QED) is 0.690. The first-order valence-electron chi connectivity index (χ1n) is 11.3. The van der Waals surface area contributed by atoms with Gasteiger partial charge in [-0.2, -0.15) is 0 Å². The van der Waals surface area contributed by atoms with Crippen molar-refractivity contribution in [3.8, 4) is 5.75 Å². The highest BCUT2D eigenvalue weighted by Crippen LogP contribution is 2.36. The second-order valence-electron chi connectivity index (χ2n) is 8.42. The number of nitrogens with one attached hydrogen (secondary N) is 1. The molecule has 0 bridgehead atoms. The summed E-state index contributed by atoms with van der Waals surface area (Å²) in [6.45, 7) is 3.71. The second kappa shape index (κ2) is 9.60. The number of fused-ring (bicyclic) bond motifs is 1. The molecule has 10 heteroatoms. The number of carbonyl (C=O) groups is 2. The number of piperazine rings is 1. The third-order valence-electron chi connectivity index (χ3n) is 6.24. The highest BCUT2D eigenvalue weighted by Gasteiger charge is 2.28. The van der Waals surface area contributed by atoms with Gasteiger partial charge in [0.25, 0.3) is 5.91 Å². The van der Waals surface area contributed by atoms with E-state index in [4.69, 9.17) is 31.0 Å².